The Morgan fingerprint density at radius 2 is 2.00 bits per heavy atom. The Morgan fingerprint density at radius 3 is 2.78 bits per heavy atom. The van der Waals surface area contributed by atoms with Crippen LogP contribution < -0.4 is 0 Å². The predicted molar refractivity (Wildman–Crippen MR) is 75.2 cm³/mol. The second-order valence-corrected chi connectivity index (χ2v) is 4.75. The summed E-state index contributed by atoms with van der Waals surface area (Å²) in [6, 6.07) is 8.22. The summed E-state index contributed by atoms with van der Waals surface area (Å²) in [4.78, 5) is 14.7. The smallest absolute Gasteiger partial charge is 0.133 e. The number of rotatable bonds is 2. The SMILES string of the molecule is CCC1(C=O)C=Cc2[nH]c3ccccc3c2C=C1. The third-order valence-corrected chi connectivity index (χ3v) is 3.73. The van der Waals surface area contributed by atoms with Crippen LogP contribution in [0.25, 0.3) is 23.1 Å². The van der Waals surface area contributed by atoms with Crippen LogP contribution in [-0.4, -0.2) is 11.3 Å². The molecule has 90 valence electrons. The number of aromatic nitrogens is 1. The number of carbonyl (C=O) groups is 1. The number of hydrogen-bond donors (Lipinski definition) is 1. The molecule has 2 nitrogen and oxygen atoms in total. The van der Waals surface area contributed by atoms with E-state index in [0.717, 1.165) is 23.9 Å². The summed E-state index contributed by atoms with van der Waals surface area (Å²) < 4.78 is 0. The van der Waals surface area contributed by atoms with E-state index in [0.29, 0.717) is 0 Å². The Bertz CT molecular complexity index is 663. The third kappa shape index (κ3) is 1.53. The normalized spacial score (nSPS) is 21.8. The first-order valence-electron chi connectivity index (χ1n) is 6.23. The van der Waals surface area contributed by atoms with Crippen molar-refractivity contribution < 1.29 is 4.79 Å². The summed E-state index contributed by atoms with van der Waals surface area (Å²) in [5.41, 5.74) is 2.91. The maximum atomic E-state index is 11.3. The van der Waals surface area contributed by atoms with Crippen LogP contribution in [0.2, 0.25) is 0 Å². The fourth-order valence-electron chi connectivity index (χ4n) is 2.43. The van der Waals surface area contributed by atoms with Crippen LogP contribution in [0.15, 0.2) is 36.4 Å². The highest BCUT2D eigenvalue weighted by Gasteiger charge is 2.23. The number of para-hydroxylation sites is 1. The van der Waals surface area contributed by atoms with Crippen molar-refractivity contribution in [2.45, 2.75) is 13.3 Å². The van der Waals surface area contributed by atoms with Gasteiger partial charge in [-0.2, -0.15) is 0 Å². The van der Waals surface area contributed by atoms with Crippen LogP contribution in [0.1, 0.15) is 24.6 Å². The zero-order chi connectivity index (χ0) is 12.6. The summed E-state index contributed by atoms with van der Waals surface area (Å²) in [7, 11) is 0. The maximum absolute atomic E-state index is 11.3. The van der Waals surface area contributed by atoms with Gasteiger partial charge in [0.05, 0.1) is 5.41 Å². The number of fused-ring (bicyclic) bond motifs is 3. The van der Waals surface area contributed by atoms with E-state index in [4.69, 9.17) is 0 Å². The molecule has 1 heterocycles. The van der Waals surface area contributed by atoms with Gasteiger partial charge < -0.3 is 9.78 Å². The lowest BCUT2D eigenvalue weighted by molar-refractivity contribution is -0.112. The number of nitrogens with one attached hydrogen (secondary N) is 1. The molecule has 0 bridgehead atoms. The van der Waals surface area contributed by atoms with Crippen molar-refractivity contribution in [2.24, 2.45) is 5.41 Å². The first kappa shape index (κ1) is 11.0. The van der Waals surface area contributed by atoms with Gasteiger partial charge in [-0.1, -0.05) is 43.4 Å². The van der Waals surface area contributed by atoms with Gasteiger partial charge in [0.1, 0.15) is 6.29 Å². The summed E-state index contributed by atoms with van der Waals surface area (Å²) in [6.07, 6.45) is 9.87. The van der Waals surface area contributed by atoms with Crippen molar-refractivity contribution in [2.75, 3.05) is 0 Å². The van der Waals surface area contributed by atoms with Crippen molar-refractivity contribution in [1.29, 1.82) is 0 Å². The van der Waals surface area contributed by atoms with Crippen LogP contribution in [0, 0.1) is 5.41 Å². The number of aldehydes is 1. The lowest BCUT2D eigenvalue weighted by atomic mass is 9.86. The minimum absolute atomic E-state index is 0.457. The lowest BCUT2D eigenvalue weighted by Gasteiger charge is -2.16. The molecular formula is C16H15NO. The van der Waals surface area contributed by atoms with Crippen LogP contribution in [0.5, 0.6) is 0 Å². The van der Waals surface area contributed by atoms with Gasteiger partial charge in [0.15, 0.2) is 0 Å². The summed E-state index contributed by atoms with van der Waals surface area (Å²) in [5, 5.41) is 1.20. The van der Waals surface area contributed by atoms with Crippen LogP contribution in [0.3, 0.4) is 0 Å². The average Bonchev–Trinajstić information content (AvgIpc) is 2.68. The number of aromatic amines is 1. The highest BCUT2D eigenvalue weighted by molar-refractivity contribution is 5.94. The molecule has 0 spiro atoms. The molecule has 0 radical (unpaired) electrons. The Balaban J connectivity index is 2.21. The van der Waals surface area contributed by atoms with Crippen LogP contribution >= 0.6 is 0 Å². The molecule has 2 aromatic rings. The van der Waals surface area contributed by atoms with Crippen molar-refractivity contribution in [3.63, 3.8) is 0 Å². The number of carbonyl (C=O) groups excluding carboxylic acids is 1. The third-order valence-electron chi connectivity index (χ3n) is 3.73. The molecule has 1 aliphatic rings. The lowest BCUT2D eigenvalue weighted by Crippen LogP contribution is -2.14. The van der Waals surface area contributed by atoms with Crippen molar-refractivity contribution >= 4 is 29.3 Å². The molecule has 1 aromatic carbocycles. The van der Waals surface area contributed by atoms with E-state index in [2.05, 4.69) is 23.2 Å². The number of hydrogen-bond acceptors (Lipinski definition) is 1. The molecule has 1 atom stereocenters. The van der Waals surface area contributed by atoms with Crippen molar-refractivity contribution in [3.05, 3.63) is 47.7 Å². The van der Waals surface area contributed by atoms with Crippen LogP contribution in [-0.2, 0) is 4.79 Å². The first-order valence-corrected chi connectivity index (χ1v) is 6.23. The Morgan fingerprint density at radius 1 is 1.22 bits per heavy atom. The molecule has 1 unspecified atom stereocenters. The maximum Gasteiger partial charge on any atom is 0.133 e. The summed E-state index contributed by atoms with van der Waals surface area (Å²) in [6.45, 7) is 2.03. The van der Waals surface area contributed by atoms with E-state index in [1.165, 1.54) is 10.9 Å². The fourth-order valence-corrected chi connectivity index (χ4v) is 2.43. The first-order chi connectivity index (χ1) is 8.78. The van der Waals surface area contributed by atoms with Gasteiger partial charge in [-0.3, -0.25) is 0 Å². The van der Waals surface area contributed by atoms with Gasteiger partial charge in [-0.15, -0.1) is 0 Å². The summed E-state index contributed by atoms with van der Waals surface area (Å²) in [5.74, 6) is 0. The van der Waals surface area contributed by atoms with Crippen molar-refractivity contribution in [3.8, 4) is 0 Å². The molecule has 2 heteroatoms. The fraction of sp³-hybridized carbons (Fsp3) is 0.188. The number of H-pyrrole nitrogens is 1. The van der Waals surface area contributed by atoms with Gasteiger partial charge in [-0.25, -0.2) is 0 Å². The van der Waals surface area contributed by atoms with Gasteiger partial charge in [0, 0.05) is 22.2 Å². The van der Waals surface area contributed by atoms with E-state index < -0.39 is 5.41 Å². The molecule has 0 amide bonds. The predicted octanol–water partition coefficient (Wildman–Crippen LogP) is 3.80. The molecular weight excluding hydrogens is 222 g/mol. The molecule has 0 fully saturated rings. The largest absolute Gasteiger partial charge is 0.355 e. The van der Waals surface area contributed by atoms with E-state index >= 15 is 0 Å². The van der Waals surface area contributed by atoms with Gasteiger partial charge >= 0.3 is 0 Å². The van der Waals surface area contributed by atoms with Crippen LogP contribution in [0.4, 0.5) is 0 Å². The number of benzene rings is 1. The zero-order valence-corrected chi connectivity index (χ0v) is 10.3. The molecule has 1 N–H and O–H groups in total. The molecule has 1 aliphatic carbocycles. The Kier molecular flexibility index (Phi) is 2.44. The second kappa shape index (κ2) is 3.98. The molecule has 0 saturated carbocycles. The van der Waals surface area contributed by atoms with E-state index in [1.807, 2.05) is 37.3 Å². The topological polar surface area (TPSA) is 32.9 Å². The minimum Gasteiger partial charge on any atom is -0.355 e. The Hall–Kier alpha value is -2.09. The number of allylic oxidation sites excluding steroid dienone is 2. The molecule has 3 rings (SSSR count). The molecule has 0 saturated heterocycles. The molecule has 18 heavy (non-hydrogen) atoms. The van der Waals surface area contributed by atoms with Gasteiger partial charge in [0.2, 0.25) is 0 Å². The highest BCUT2D eigenvalue weighted by atomic mass is 16.1. The van der Waals surface area contributed by atoms with Gasteiger partial charge in [-0.05, 0) is 18.6 Å². The highest BCUT2D eigenvalue weighted by Crippen LogP contribution is 2.33. The average molecular weight is 237 g/mol. The zero-order valence-electron chi connectivity index (χ0n) is 10.3. The van der Waals surface area contributed by atoms with E-state index in [1.54, 1.807) is 0 Å². The van der Waals surface area contributed by atoms with E-state index in [9.17, 15) is 4.79 Å². The molecule has 1 aromatic heterocycles. The van der Waals surface area contributed by atoms with Crippen molar-refractivity contribution in [1.82, 2.24) is 4.98 Å². The minimum atomic E-state index is -0.457. The summed E-state index contributed by atoms with van der Waals surface area (Å²) >= 11 is 0. The second-order valence-electron chi connectivity index (χ2n) is 4.75. The monoisotopic (exact) mass is 237 g/mol. The quantitative estimate of drug-likeness (QED) is 0.792. The molecule has 0 aliphatic heterocycles. The standard InChI is InChI=1S/C16H15NO/c1-2-16(11-18)9-7-13-12-5-3-4-6-14(12)17-15(13)8-10-16/h3-11,17H,2H2,1H3. The Labute approximate surface area is 106 Å². The van der Waals surface area contributed by atoms with Gasteiger partial charge in [0.25, 0.3) is 0 Å². The van der Waals surface area contributed by atoms with E-state index in [-0.39, 0.29) is 0 Å².